The molecule has 7 nitrogen and oxygen atoms in total. The fraction of sp³-hybridized carbons (Fsp3) is 0.316. The van der Waals surface area contributed by atoms with Gasteiger partial charge >= 0.3 is 0 Å². The largest absolute Gasteiger partial charge is 0.489 e. The van der Waals surface area contributed by atoms with E-state index in [2.05, 4.69) is 21.2 Å². The first-order chi connectivity index (χ1) is 13.2. The molecule has 1 aliphatic rings. The number of ether oxygens (including phenoxy) is 2. The first-order valence-corrected chi connectivity index (χ1v) is 11.1. The van der Waals surface area contributed by atoms with E-state index >= 15 is 0 Å². The van der Waals surface area contributed by atoms with Crippen molar-refractivity contribution in [3.8, 4) is 5.75 Å². The summed E-state index contributed by atoms with van der Waals surface area (Å²) in [5.41, 5.74) is 1.62. The summed E-state index contributed by atoms with van der Waals surface area (Å²) in [6.07, 6.45) is 2.00. The SMILES string of the molecule is Cc1ccc(NC(=O)c2cc(S(N)(=O)=O)ccc2Br)c(OCC2CCCO2)c1. The van der Waals surface area contributed by atoms with Gasteiger partial charge in [0.15, 0.2) is 0 Å². The van der Waals surface area contributed by atoms with Gasteiger partial charge in [0.2, 0.25) is 10.0 Å². The van der Waals surface area contributed by atoms with Gasteiger partial charge in [0, 0.05) is 11.1 Å². The van der Waals surface area contributed by atoms with Crippen molar-refractivity contribution in [2.75, 3.05) is 18.5 Å². The molecule has 0 bridgehead atoms. The highest BCUT2D eigenvalue weighted by molar-refractivity contribution is 9.10. The lowest BCUT2D eigenvalue weighted by molar-refractivity contribution is 0.0681. The Morgan fingerprint density at radius 1 is 1.32 bits per heavy atom. The van der Waals surface area contributed by atoms with E-state index in [9.17, 15) is 13.2 Å². The predicted molar refractivity (Wildman–Crippen MR) is 109 cm³/mol. The lowest BCUT2D eigenvalue weighted by atomic mass is 10.1. The van der Waals surface area contributed by atoms with E-state index in [0.29, 0.717) is 22.5 Å². The first kappa shape index (κ1) is 20.8. The number of nitrogens with two attached hydrogens (primary N) is 1. The van der Waals surface area contributed by atoms with Crippen LogP contribution in [0.4, 0.5) is 5.69 Å². The Hall–Kier alpha value is -1.94. The van der Waals surface area contributed by atoms with Crippen LogP contribution in [0.5, 0.6) is 5.75 Å². The number of amides is 1. The van der Waals surface area contributed by atoms with Crippen LogP contribution in [0.3, 0.4) is 0 Å². The Morgan fingerprint density at radius 2 is 2.11 bits per heavy atom. The number of hydrogen-bond donors (Lipinski definition) is 2. The minimum atomic E-state index is -3.92. The lowest BCUT2D eigenvalue weighted by Crippen LogP contribution is -2.19. The molecule has 28 heavy (non-hydrogen) atoms. The third-order valence-electron chi connectivity index (χ3n) is 4.35. The summed E-state index contributed by atoms with van der Waals surface area (Å²) < 4.78 is 35.1. The number of hydrogen-bond acceptors (Lipinski definition) is 5. The number of primary sulfonamides is 1. The van der Waals surface area contributed by atoms with Crippen molar-refractivity contribution in [1.29, 1.82) is 0 Å². The van der Waals surface area contributed by atoms with Crippen molar-refractivity contribution in [3.63, 3.8) is 0 Å². The second-order valence-corrected chi connectivity index (χ2v) is 9.00. The molecule has 1 heterocycles. The van der Waals surface area contributed by atoms with Gasteiger partial charge in [0.25, 0.3) is 5.91 Å². The second-order valence-electron chi connectivity index (χ2n) is 6.59. The molecule has 3 rings (SSSR count). The van der Waals surface area contributed by atoms with Crippen LogP contribution in [-0.2, 0) is 14.8 Å². The zero-order valence-corrected chi connectivity index (χ0v) is 17.7. The number of anilines is 1. The van der Waals surface area contributed by atoms with Crippen LogP contribution in [0.1, 0.15) is 28.8 Å². The summed E-state index contributed by atoms with van der Waals surface area (Å²) in [4.78, 5) is 12.6. The number of rotatable bonds is 6. The third-order valence-corrected chi connectivity index (χ3v) is 5.95. The van der Waals surface area contributed by atoms with E-state index in [1.165, 1.54) is 18.2 Å². The van der Waals surface area contributed by atoms with Gasteiger partial charge in [-0.3, -0.25) is 4.79 Å². The molecule has 1 atom stereocenters. The number of carbonyl (C=O) groups excluding carboxylic acids is 1. The molecule has 3 N–H and O–H groups in total. The fourth-order valence-electron chi connectivity index (χ4n) is 2.86. The second kappa shape index (κ2) is 8.60. The minimum absolute atomic E-state index is 0.0460. The van der Waals surface area contributed by atoms with Crippen molar-refractivity contribution < 1.29 is 22.7 Å². The van der Waals surface area contributed by atoms with E-state index in [-0.39, 0.29) is 16.6 Å². The van der Waals surface area contributed by atoms with Crippen molar-refractivity contribution in [1.82, 2.24) is 0 Å². The summed E-state index contributed by atoms with van der Waals surface area (Å²) in [6.45, 7) is 3.06. The molecular formula is C19H21BrN2O5S. The monoisotopic (exact) mass is 468 g/mol. The smallest absolute Gasteiger partial charge is 0.256 e. The van der Waals surface area contributed by atoms with Gasteiger partial charge in [-0.2, -0.15) is 0 Å². The summed E-state index contributed by atoms with van der Waals surface area (Å²) >= 11 is 3.27. The molecule has 2 aromatic rings. The van der Waals surface area contributed by atoms with E-state index in [1.54, 1.807) is 6.07 Å². The zero-order chi connectivity index (χ0) is 20.3. The van der Waals surface area contributed by atoms with Gasteiger partial charge in [0.1, 0.15) is 12.4 Å². The molecule has 1 saturated heterocycles. The molecule has 150 valence electrons. The Bertz CT molecular complexity index is 988. The van der Waals surface area contributed by atoms with Gasteiger partial charge < -0.3 is 14.8 Å². The first-order valence-electron chi connectivity index (χ1n) is 8.73. The fourth-order valence-corrected chi connectivity index (χ4v) is 3.82. The van der Waals surface area contributed by atoms with Crippen molar-refractivity contribution in [3.05, 3.63) is 52.0 Å². The number of sulfonamides is 1. The van der Waals surface area contributed by atoms with Gasteiger partial charge in [-0.05, 0) is 71.6 Å². The Morgan fingerprint density at radius 3 is 2.79 bits per heavy atom. The number of halogens is 1. The van der Waals surface area contributed by atoms with Crippen LogP contribution in [0.2, 0.25) is 0 Å². The highest BCUT2D eigenvalue weighted by atomic mass is 79.9. The maximum Gasteiger partial charge on any atom is 0.256 e. The quantitative estimate of drug-likeness (QED) is 0.676. The van der Waals surface area contributed by atoms with E-state index in [0.717, 1.165) is 25.0 Å². The van der Waals surface area contributed by atoms with Crippen LogP contribution < -0.4 is 15.2 Å². The number of benzene rings is 2. The van der Waals surface area contributed by atoms with Crippen molar-refractivity contribution >= 4 is 37.5 Å². The molecule has 2 aromatic carbocycles. The molecule has 0 aliphatic carbocycles. The van der Waals surface area contributed by atoms with Crippen LogP contribution in [0.25, 0.3) is 0 Å². The van der Waals surface area contributed by atoms with Crippen molar-refractivity contribution in [2.24, 2.45) is 5.14 Å². The van der Waals surface area contributed by atoms with E-state index < -0.39 is 15.9 Å². The molecule has 0 spiro atoms. The van der Waals surface area contributed by atoms with Crippen LogP contribution in [-0.4, -0.2) is 33.6 Å². The topological polar surface area (TPSA) is 108 Å². The number of nitrogens with one attached hydrogen (secondary N) is 1. The summed E-state index contributed by atoms with van der Waals surface area (Å²) in [5.74, 6) is 0.0470. The Kier molecular flexibility index (Phi) is 6.39. The zero-order valence-electron chi connectivity index (χ0n) is 15.3. The Labute approximate surface area is 172 Å². The summed E-state index contributed by atoms with van der Waals surface area (Å²) in [5, 5.41) is 7.94. The number of aryl methyl sites for hydroxylation is 1. The predicted octanol–water partition coefficient (Wildman–Crippen LogP) is 3.22. The van der Waals surface area contributed by atoms with Gasteiger partial charge in [0.05, 0.1) is 22.3 Å². The van der Waals surface area contributed by atoms with E-state index in [1.807, 2.05) is 19.1 Å². The molecule has 0 saturated carbocycles. The van der Waals surface area contributed by atoms with Gasteiger partial charge in [-0.1, -0.05) is 6.07 Å². The molecule has 9 heteroatoms. The molecular weight excluding hydrogens is 448 g/mol. The Balaban J connectivity index is 1.82. The lowest BCUT2D eigenvalue weighted by Gasteiger charge is -2.16. The molecule has 1 amide bonds. The standard InChI is InChI=1S/C19H21BrN2O5S/c1-12-4-7-17(18(9-12)27-11-13-3-2-8-26-13)22-19(23)15-10-14(28(21,24)25)5-6-16(15)20/h4-7,9-10,13H,2-3,8,11H2,1H3,(H,22,23)(H2,21,24,25). The van der Waals surface area contributed by atoms with Crippen LogP contribution >= 0.6 is 15.9 Å². The minimum Gasteiger partial charge on any atom is -0.489 e. The van der Waals surface area contributed by atoms with Crippen molar-refractivity contribution in [2.45, 2.75) is 30.8 Å². The molecule has 0 aromatic heterocycles. The molecule has 0 radical (unpaired) electrons. The average Bonchev–Trinajstić information content (AvgIpc) is 3.14. The summed E-state index contributed by atoms with van der Waals surface area (Å²) in [6, 6.07) is 9.47. The van der Waals surface area contributed by atoms with Gasteiger partial charge in [-0.15, -0.1) is 0 Å². The molecule has 1 unspecified atom stereocenters. The van der Waals surface area contributed by atoms with Crippen LogP contribution in [0.15, 0.2) is 45.8 Å². The highest BCUT2D eigenvalue weighted by Gasteiger charge is 2.19. The van der Waals surface area contributed by atoms with Crippen LogP contribution in [0, 0.1) is 6.92 Å². The molecule has 1 aliphatic heterocycles. The normalized spacial score (nSPS) is 16.8. The summed E-state index contributed by atoms with van der Waals surface area (Å²) in [7, 11) is -3.92. The maximum absolute atomic E-state index is 12.8. The number of carbonyl (C=O) groups is 1. The average molecular weight is 469 g/mol. The van der Waals surface area contributed by atoms with Gasteiger partial charge in [-0.25, -0.2) is 13.6 Å². The molecule has 1 fully saturated rings. The van der Waals surface area contributed by atoms with E-state index in [4.69, 9.17) is 14.6 Å². The third kappa shape index (κ3) is 5.11. The highest BCUT2D eigenvalue weighted by Crippen LogP contribution is 2.29. The maximum atomic E-state index is 12.8.